The first-order valence-corrected chi connectivity index (χ1v) is 10.0. The Bertz CT molecular complexity index is 1090. The third kappa shape index (κ3) is 4.52. The van der Waals surface area contributed by atoms with Gasteiger partial charge in [0.2, 0.25) is 0 Å². The first-order valence-electron chi connectivity index (χ1n) is 10.0. The molecular weight excluding hydrogens is 414 g/mol. The Morgan fingerprint density at radius 3 is 2.74 bits per heavy atom. The molecule has 0 unspecified atom stereocenters. The number of aryl methyl sites for hydroxylation is 1. The van der Waals surface area contributed by atoms with Gasteiger partial charge in [-0.25, -0.2) is 4.98 Å². The Balaban J connectivity index is 0.00000272. The number of nitrogens with zero attached hydrogens (tertiary/aromatic N) is 3. The zero-order valence-corrected chi connectivity index (χ0v) is 19.4. The molecule has 0 saturated carbocycles. The van der Waals surface area contributed by atoms with Crippen molar-refractivity contribution in [3.63, 3.8) is 0 Å². The number of aromatic nitrogens is 3. The van der Waals surface area contributed by atoms with E-state index in [1.165, 1.54) is 0 Å². The normalized spacial score (nSPS) is 18.3. The van der Waals surface area contributed by atoms with Gasteiger partial charge in [-0.3, -0.25) is 9.78 Å². The lowest BCUT2D eigenvalue weighted by atomic mass is 9.95. The molecule has 0 aromatic carbocycles. The molecule has 8 heteroatoms. The number of pyridine rings is 2. The van der Waals surface area contributed by atoms with Gasteiger partial charge in [0.15, 0.2) is 0 Å². The number of hydrogen-bond acceptors (Lipinski definition) is 6. The van der Waals surface area contributed by atoms with Gasteiger partial charge in [0, 0.05) is 63.6 Å². The summed E-state index contributed by atoms with van der Waals surface area (Å²) in [6.07, 6.45) is 4.95. The van der Waals surface area contributed by atoms with Crippen molar-refractivity contribution in [2.75, 3.05) is 27.4 Å². The number of ketones is 1. The molecule has 0 amide bonds. The maximum absolute atomic E-state index is 11.6. The summed E-state index contributed by atoms with van der Waals surface area (Å²) in [6, 6.07) is 6.08. The van der Waals surface area contributed by atoms with Crippen LogP contribution in [0.15, 0.2) is 30.6 Å². The highest BCUT2D eigenvalue weighted by atomic mass is 32.1. The van der Waals surface area contributed by atoms with Crippen LogP contribution in [0.3, 0.4) is 0 Å². The van der Waals surface area contributed by atoms with Crippen LogP contribution in [0, 0.1) is 0 Å². The van der Waals surface area contributed by atoms with Crippen LogP contribution in [0.2, 0.25) is 0 Å². The number of hydrogen-bond donors (Lipinski definition) is 0. The summed E-state index contributed by atoms with van der Waals surface area (Å²) in [6.45, 7) is 3.18. The van der Waals surface area contributed by atoms with E-state index in [0.29, 0.717) is 26.2 Å². The van der Waals surface area contributed by atoms with E-state index < -0.39 is 5.60 Å². The minimum Gasteiger partial charge on any atom is -0.380 e. The van der Waals surface area contributed by atoms with Gasteiger partial charge >= 0.3 is 0 Å². The summed E-state index contributed by atoms with van der Waals surface area (Å²) in [5, 5.41) is 1.02. The molecule has 0 aliphatic carbocycles. The summed E-state index contributed by atoms with van der Waals surface area (Å²) in [5.41, 5.74) is 4.90. The Labute approximate surface area is 189 Å². The molecule has 166 valence electrons. The molecule has 1 aliphatic heterocycles. The lowest BCUT2D eigenvalue weighted by molar-refractivity contribution is -0.116. The monoisotopic (exact) mass is 443 g/mol. The molecule has 0 radical (unpaired) electrons. The maximum atomic E-state index is 11.6. The minimum atomic E-state index is -0.551. The second kappa shape index (κ2) is 9.48. The molecule has 1 saturated heterocycles. The van der Waals surface area contributed by atoms with Gasteiger partial charge in [0.1, 0.15) is 11.4 Å². The van der Waals surface area contributed by atoms with Gasteiger partial charge in [0.05, 0.1) is 36.3 Å². The van der Waals surface area contributed by atoms with E-state index in [1.54, 1.807) is 21.1 Å². The summed E-state index contributed by atoms with van der Waals surface area (Å²) in [5.74, 6) is 0.0881. The highest BCUT2D eigenvalue weighted by molar-refractivity contribution is 7.59. The van der Waals surface area contributed by atoms with Crippen LogP contribution in [0.5, 0.6) is 0 Å². The van der Waals surface area contributed by atoms with E-state index in [9.17, 15) is 4.79 Å². The van der Waals surface area contributed by atoms with Crippen molar-refractivity contribution >= 4 is 30.2 Å². The van der Waals surface area contributed by atoms with Gasteiger partial charge in [0.25, 0.3) is 0 Å². The molecule has 0 bridgehead atoms. The second-order valence-corrected chi connectivity index (χ2v) is 7.91. The highest BCUT2D eigenvalue weighted by Gasteiger charge is 2.39. The van der Waals surface area contributed by atoms with Crippen LogP contribution in [-0.2, 0) is 44.7 Å². The smallest absolute Gasteiger partial charge is 0.135 e. The molecule has 1 atom stereocenters. The van der Waals surface area contributed by atoms with Crippen LogP contribution in [0.4, 0.5) is 0 Å². The third-order valence-electron chi connectivity index (χ3n) is 5.68. The first kappa shape index (κ1) is 23.4. The minimum absolute atomic E-state index is 0. The van der Waals surface area contributed by atoms with Crippen molar-refractivity contribution in [2.45, 2.75) is 32.0 Å². The number of carbonyl (C=O) groups excluding carboxylic acids is 1. The topological polar surface area (TPSA) is 75.5 Å². The fourth-order valence-electron chi connectivity index (χ4n) is 4.10. The van der Waals surface area contributed by atoms with Gasteiger partial charge in [-0.2, -0.15) is 13.5 Å². The first-order chi connectivity index (χ1) is 14.5. The largest absolute Gasteiger partial charge is 0.380 e. The highest BCUT2D eigenvalue weighted by Crippen LogP contribution is 2.36. The van der Waals surface area contributed by atoms with Crippen molar-refractivity contribution < 1.29 is 19.0 Å². The van der Waals surface area contributed by atoms with E-state index in [1.807, 2.05) is 36.0 Å². The Morgan fingerprint density at radius 2 is 2.10 bits per heavy atom. The Hall–Kier alpha value is -2.26. The number of fused-ring (bicyclic) bond motifs is 1. The lowest BCUT2D eigenvalue weighted by Gasteiger charge is -2.26. The average molecular weight is 444 g/mol. The van der Waals surface area contributed by atoms with E-state index in [-0.39, 0.29) is 19.3 Å². The third-order valence-corrected chi connectivity index (χ3v) is 5.68. The predicted molar refractivity (Wildman–Crippen MR) is 124 cm³/mol. The maximum Gasteiger partial charge on any atom is 0.135 e. The van der Waals surface area contributed by atoms with Crippen LogP contribution < -0.4 is 0 Å². The molecule has 1 aliphatic rings. The van der Waals surface area contributed by atoms with Crippen molar-refractivity contribution in [3.05, 3.63) is 47.5 Å². The van der Waals surface area contributed by atoms with Crippen LogP contribution in [0.25, 0.3) is 22.2 Å². The van der Waals surface area contributed by atoms with Crippen molar-refractivity contribution in [1.29, 1.82) is 0 Å². The number of Topliss-reactive ketones (excluding diaryl/α,β-unsaturated/α-hetero) is 1. The Kier molecular flexibility index (Phi) is 7.16. The van der Waals surface area contributed by atoms with Gasteiger partial charge < -0.3 is 18.8 Å². The van der Waals surface area contributed by atoms with Crippen LogP contribution in [0.1, 0.15) is 30.3 Å². The molecule has 0 spiro atoms. The van der Waals surface area contributed by atoms with Crippen molar-refractivity contribution in [1.82, 2.24) is 14.5 Å². The van der Waals surface area contributed by atoms with Crippen LogP contribution in [-0.4, -0.2) is 47.8 Å². The fraction of sp³-hybridized carbons (Fsp3) is 0.435. The quantitative estimate of drug-likeness (QED) is 0.558. The Morgan fingerprint density at radius 1 is 1.29 bits per heavy atom. The summed E-state index contributed by atoms with van der Waals surface area (Å²) in [7, 11) is 5.37. The molecule has 0 N–H and O–H groups in total. The lowest BCUT2D eigenvalue weighted by Crippen LogP contribution is -2.30. The van der Waals surface area contributed by atoms with Crippen LogP contribution >= 0.6 is 13.5 Å². The van der Waals surface area contributed by atoms with E-state index >= 15 is 0 Å². The van der Waals surface area contributed by atoms with E-state index in [2.05, 4.69) is 11.2 Å². The average Bonchev–Trinajstić information content (AvgIpc) is 3.33. The number of carbonyl (C=O) groups is 1. The number of methoxy groups -OCH3 is 2. The van der Waals surface area contributed by atoms with Gasteiger partial charge in [-0.15, -0.1) is 0 Å². The summed E-state index contributed by atoms with van der Waals surface area (Å²) in [4.78, 5) is 21.0. The molecule has 7 nitrogen and oxygen atoms in total. The molecule has 3 aromatic rings. The molecule has 4 heterocycles. The summed E-state index contributed by atoms with van der Waals surface area (Å²) < 4.78 is 19.0. The molecule has 31 heavy (non-hydrogen) atoms. The number of rotatable bonds is 7. The van der Waals surface area contributed by atoms with Crippen molar-refractivity contribution in [3.8, 4) is 11.3 Å². The van der Waals surface area contributed by atoms with Gasteiger partial charge in [-0.1, -0.05) is 0 Å². The van der Waals surface area contributed by atoms with Gasteiger partial charge in [-0.05, 0) is 30.7 Å². The molecular formula is C23H29N3O4S. The summed E-state index contributed by atoms with van der Waals surface area (Å²) >= 11 is 0. The molecule has 4 rings (SSSR count). The van der Waals surface area contributed by atoms with Crippen molar-refractivity contribution in [2.24, 2.45) is 7.05 Å². The zero-order valence-electron chi connectivity index (χ0n) is 18.4. The molecule has 3 aromatic heterocycles. The standard InChI is InChI=1S/C23H27N3O4.H2S/c1-15(27)7-17-10-18-19(12-26(2)21(18)11-24-17)20-8-16(13-28-3)9-22(25-20)23(29-4)5-6-30-14-23;/h8-12H,5-7,13-14H2,1-4H3;1H2/t23-;/m1./s1. The zero-order chi connectivity index (χ0) is 21.3. The predicted octanol–water partition coefficient (Wildman–Crippen LogP) is 3.29. The van der Waals surface area contributed by atoms with E-state index in [4.69, 9.17) is 19.2 Å². The molecule has 1 fully saturated rings. The number of ether oxygens (including phenoxy) is 3. The second-order valence-electron chi connectivity index (χ2n) is 7.91. The van der Waals surface area contributed by atoms with E-state index in [0.717, 1.165) is 45.5 Å². The SMILES string of the molecule is COCc1cc(-c2cn(C)c3cnc(CC(C)=O)cc23)nc([C@@]2(OC)CCOC2)c1.S. The fourth-order valence-corrected chi connectivity index (χ4v) is 4.10.